The summed E-state index contributed by atoms with van der Waals surface area (Å²) in [6.07, 6.45) is 0. The Balaban J connectivity index is 1.77. The average molecular weight is 415 g/mol. The summed E-state index contributed by atoms with van der Waals surface area (Å²) in [6, 6.07) is 9.50. The van der Waals surface area contributed by atoms with Crippen LogP contribution < -0.4 is 10.1 Å². The van der Waals surface area contributed by atoms with Crippen molar-refractivity contribution in [1.29, 1.82) is 0 Å². The number of methoxy groups -OCH3 is 1. The largest absolute Gasteiger partial charge is 0.494 e. The smallest absolute Gasteiger partial charge is 0.221 e. The Morgan fingerprint density at radius 3 is 2.72 bits per heavy atom. The van der Waals surface area contributed by atoms with Crippen LogP contribution in [-0.2, 0) is 4.79 Å². The van der Waals surface area contributed by atoms with Gasteiger partial charge in [0.1, 0.15) is 17.3 Å². The Hall–Kier alpha value is -3.27. The topological polar surface area (TPSA) is 99.0 Å². The molecule has 8 nitrogen and oxygen atoms in total. The van der Waals surface area contributed by atoms with Gasteiger partial charge >= 0.3 is 0 Å². The van der Waals surface area contributed by atoms with Crippen molar-refractivity contribution in [3.05, 3.63) is 53.3 Å². The van der Waals surface area contributed by atoms with Gasteiger partial charge in [-0.25, -0.2) is 4.39 Å². The summed E-state index contributed by atoms with van der Waals surface area (Å²) in [5, 5.41) is 14.4. The molecule has 3 aromatic rings. The second kappa shape index (κ2) is 8.82. The Labute approximate surface area is 170 Å². The van der Waals surface area contributed by atoms with Crippen molar-refractivity contribution in [2.24, 2.45) is 0 Å². The van der Waals surface area contributed by atoms with E-state index in [2.05, 4.69) is 20.8 Å². The summed E-state index contributed by atoms with van der Waals surface area (Å²) in [5.74, 6) is -0.937. The molecule has 2 aromatic carbocycles. The van der Waals surface area contributed by atoms with Gasteiger partial charge in [-0.15, -0.1) is 5.10 Å². The maximum atomic E-state index is 14.3. The van der Waals surface area contributed by atoms with Crippen molar-refractivity contribution < 1.29 is 18.7 Å². The number of aryl methyl sites for hydroxylation is 1. The highest BCUT2D eigenvalue weighted by Gasteiger charge is 2.18. The number of nitrogens with one attached hydrogen (secondary N) is 1. The summed E-state index contributed by atoms with van der Waals surface area (Å²) in [4.78, 5) is 23.5. The molecule has 0 fully saturated rings. The maximum absolute atomic E-state index is 14.3. The number of aromatic nitrogens is 4. The van der Waals surface area contributed by atoms with E-state index in [1.165, 1.54) is 23.7 Å². The second-order valence-corrected chi connectivity index (χ2v) is 7.08. The molecule has 0 aliphatic heterocycles. The zero-order chi connectivity index (χ0) is 21.0. The fraction of sp³-hybridized carbons (Fsp3) is 0.211. The second-order valence-electron chi connectivity index (χ2n) is 6.14. The Bertz CT molecular complexity index is 1070. The lowest BCUT2D eigenvalue weighted by atomic mass is 10.1. The molecule has 0 aliphatic rings. The third-order valence-corrected chi connectivity index (χ3v) is 4.84. The van der Waals surface area contributed by atoms with Crippen LogP contribution in [0.3, 0.4) is 0 Å². The van der Waals surface area contributed by atoms with Crippen molar-refractivity contribution in [2.75, 3.05) is 18.2 Å². The van der Waals surface area contributed by atoms with Crippen LogP contribution in [0, 0.1) is 12.7 Å². The van der Waals surface area contributed by atoms with Gasteiger partial charge in [-0.05, 0) is 53.2 Å². The highest BCUT2D eigenvalue weighted by Crippen LogP contribution is 2.27. The minimum Gasteiger partial charge on any atom is -0.494 e. The number of thioether (sulfide) groups is 1. The fourth-order valence-electron chi connectivity index (χ4n) is 2.62. The first kappa shape index (κ1) is 20.5. The quantitative estimate of drug-likeness (QED) is 0.468. The van der Waals surface area contributed by atoms with E-state index < -0.39 is 11.6 Å². The van der Waals surface area contributed by atoms with Gasteiger partial charge in [0.25, 0.3) is 0 Å². The summed E-state index contributed by atoms with van der Waals surface area (Å²) >= 11 is 1.09. The number of carbonyl (C=O) groups excluding carboxylic acids is 2. The van der Waals surface area contributed by atoms with Crippen LogP contribution in [0.25, 0.3) is 5.69 Å². The molecule has 0 aliphatic carbocycles. The van der Waals surface area contributed by atoms with E-state index in [0.717, 1.165) is 23.4 Å². The third-order valence-electron chi connectivity index (χ3n) is 3.93. The van der Waals surface area contributed by atoms with Gasteiger partial charge in [0, 0.05) is 12.6 Å². The van der Waals surface area contributed by atoms with E-state index in [1.54, 1.807) is 13.2 Å². The summed E-state index contributed by atoms with van der Waals surface area (Å²) in [5.41, 5.74) is 1.84. The molecule has 1 N–H and O–H groups in total. The molecule has 10 heteroatoms. The van der Waals surface area contributed by atoms with Crippen LogP contribution in [0.1, 0.15) is 22.8 Å². The highest BCUT2D eigenvalue weighted by molar-refractivity contribution is 7.99. The molecule has 0 radical (unpaired) electrons. The standard InChI is InChI=1S/C19H18FN5O3S/c1-11-4-7-18(28-3)16(8-11)25-19(22-23-24-25)29-10-17(27)14-6-5-13(9-15(14)20)21-12(2)26/h4-9H,10H2,1-3H3,(H,21,26). The molecule has 3 rings (SSSR count). The van der Waals surface area contributed by atoms with Gasteiger partial charge in [-0.1, -0.05) is 17.8 Å². The van der Waals surface area contributed by atoms with Crippen LogP contribution in [0.5, 0.6) is 5.75 Å². The molecule has 0 saturated heterocycles. The minimum absolute atomic E-state index is 0.0646. The number of hydrogen-bond acceptors (Lipinski definition) is 7. The first-order valence-electron chi connectivity index (χ1n) is 8.55. The van der Waals surface area contributed by atoms with Crippen molar-refractivity contribution in [3.8, 4) is 11.4 Å². The number of benzene rings is 2. The van der Waals surface area contributed by atoms with Crippen LogP contribution in [-0.4, -0.2) is 44.8 Å². The van der Waals surface area contributed by atoms with Gasteiger partial charge in [-0.2, -0.15) is 4.68 Å². The first-order valence-corrected chi connectivity index (χ1v) is 9.54. The van der Waals surface area contributed by atoms with Gasteiger partial charge in [0.2, 0.25) is 11.1 Å². The maximum Gasteiger partial charge on any atom is 0.221 e. The molecule has 0 unspecified atom stereocenters. The lowest BCUT2D eigenvalue weighted by molar-refractivity contribution is -0.114. The molecule has 1 heterocycles. The predicted octanol–water partition coefficient (Wildman–Crippen LogP) is 3.05. The number of hydrogen-bond donors (Lipinski definition) is 1. The Kier molecular flexibility index (Phi) is 6.23. The molecular weight excluding hydrogens is 397 g/mol. The molecule has 29 heavy (non-hydrogen) atoms. The van der Waals surface area contributed by atoms with Crippen molar-refractivity contribution in [1.82, 2.24) is 20.2 Å². The predicted molar refractivity (Wildman–Crippen MR) is 106 cm³/mol. The van der Waals surface area contributed by atoms with Crippen molar-refractivity contribution >= 4 is 29.1 Å². The average Bonchev–Trinajstić information content (AvgIpc) is 3.14. The number of ketones is 1. The number of nitrogens with zero attached hydrogens (tertiary/aromatic N) is 4. The molecule has 1 aromatic heterocycles. The number of tetrazole rings is 1. The number of halogens is 1. The fourth-order valence-corrected chi connectivity index (χ4v) is 3.38. The summed E-state index contributed by atoms with van der Waals surface area (Å²) < 4.78 is 21.1. The van der Waals surface area contributed by atoms with Gasteiger partial charge in [-0.3, -0.25) is 9.59 Å². The van der Waals surface area contributed by atoms with E-state index in [0.29, 0.717) is 16.6 Å². The minimum atomic E-state index is -0.707. The van der Waals surface area contributed by atoms with E-state index >= 15 is 0 Å². The molecule has 0 atom stereocenters. The number of ether oxygens (including phenoxy) is 1. The molecule has 0 spiro atoms. The first-order chi connectivity index (χ1) is 13.9. The zero-order valence-electron chi connectivity index (χ0n) is 16.0. The number of rotatable bonds is 7. The molecule has 1 amide bonds. The van der Waals surface area contributed by atoms with E-state index in [1.807, 2.05) is 19.1 Å². The van der Waals surface area contributed by atoms with Crippen LogP contribution in [0.4, 0.5) is 10.1 Å². The van der Waals surface area contributed by atoms with Crippen molar-refractivity contribution in [2.45, 2.75) is 19.0 Å². The summed E-state index contributed by atoms with van der Waals surface area (Å²) in [6.45, 7) is 3.25. The van der Waals surface area contributed by atoms with E-state index in [4.69, 9.17) is 4.74 Å². The normalized spacial score (nSPS) is 10.6. The zero-order valence-corrected chi connectivity index (χ0v) is 16.8. The van der Waals surface area contributed by atoms with E-state index in [9.17, 15) is 14.0 Å². The summed E-state index contributed by atoms with van der Waals surface area (Å²) in [7, 11) is 1.54. The lowest BCUT2D eigenvalue weighted by Gasteiger charge is -2.10. The number of anilines is 1. The van der Waals surface area contributed by atoms with Crippen LogP contribution in [0.15, 0.2) is 41.6 Å². The van der Waals surface area contributed by atoms with Gasteiger partial charge in [0.15, 0.2) is 5.78 Å². The number of carbonyl (C=O) groups is 2. The molecule has 0 bridgehead atoms. The third kappa shape index (κ3) is 4.77. The van der Waals surface area contributed by atoms with Crippen molar-refractivity contribution in [3.63, 3.8) is 0 Å². The number of amides is 1. The van der Waals surface area contributed by atoms with Gasteiger partial charge < -0.3 is 10.1 Å². The molecule has 150 valence electrons. The Morgan fingerprint density at radius 1 is 1.24 bits per heavy atom. The SMILES string of the molecule is COc1ccc(C)cc1-n1nnnc1SCC(=O)c1ccc(NC(C)=O)cc1F. The van der Waals surface area contributed by atoms with Crippen LogP contribution >= 0.6 is 11.8 Å². The van der Waals surface area contributed by atoms with E-state index in [-0.39, 0.29) is 22.9 Å². The number of Topliss-reactive ketones (excluding diaryl/α,β-unsaturated/α-hetero) is 1. The van der Waals surface area contributed by atoms with Gasteiger partial charge in [0.05, 0.1) is 18.4 Å². The monoisotopic (exact) mass is 415 g/mol. The lowest BCUT2D eigenvalue weighted by Crippen LogP contribution is -2.10. The highest BCUT2D eigenvalue weighted by atomic mass is 32.2. The molecule has 0 saturated carbocycles. The van der Waals surface area contributed by atoms with Crippen LogP contribution in [0.2, 0.25) is 0 Å². The molecular formula is C19H18FN5O3S. The Morgan fingerprint density at radius 2 is 2.03 bits per heavy atom.